The molecule has 2 amide bonds. The molecule has 0 aliphatic heterocycles. The lowest BCUT2D eigenvalue weighted by Crippen LogP contribution is -2.41. The Balaban J connectivity index is 1.91. The first kappa shape index (κ1) is 12.8. The number of furan rings is 1. The van der Waals surface area contributed by atoms with Gasteiger partial charge in [0.1, 0.15) is 12.3 Å². The Bertz CT molecular complexity index is 552. The average molecular weight is 259 g/mol. The van der Waals surface area contributed by atoms with Crippen molar-refractivity contribution in [3.63, 3.8) is 0 Å². The van der Waals surface area contributed by atoms with Crippen LogP contribution in [0.15, 0.2) is 47.5 Å². The molecule has 2 aromatic heterocycles. The lowest BCUT2D eigenvalue weighted by atomic mass is 10.2. The summed E-state index contributed by atoms with van der Waals surface area (Å²) in [5.41, 5.74) is 1.01. The molecule has 0 saturated heterocycles. The van der Waals surface area contributed by atoms with E-state index in [1.54, 1.807) is 31.5 Å². The molecule has 0 bridgehead atoms. The zero-order chi connectivity index (χ0) is 13.7. The first-order chi connectivity index (χ1) is 9.16. The van der Waals surface area contributed by atoms with E-state index < -0.39 is 6.04 Å². The maximum Gasteiger partial charge on any atom is 0.255 e. The average Bonchev–Trinajstić information content (AvgIpc) is 2.93. The van der Waals surface area contributed by atoms with E-state index in [1.807, 2.05) is 0 Å². The number of hydrogen-bond acceptors (Lipinski definition) is 4. The minimum Gasteiger partial charge on any atom is -0.472 e. The molecule has 0 aromatic carbocycles. The SMILES string of the molecule is C[C@@H](NC(=O)c1ccoc1)C(=O)Nc1ccncc1. The van der Waals surface area contributed by atoms with Crippen molar-refractivity contribution >= 4 is 17.5 Å². The summed E-state index contributed by atoms with van der Waals surface area (Å²) in [6.45, 7) is 1.61. The zero-order valence-electron chi connectivity index (χ0n) is 10.3. The Labute approximate surface area is 109 Å². The molecule has 0 aliphatic carbocycles. The van der Waals surface area contributed by atoms with Crippen molar-refractivity contribution in [1.82, 2.24) is 10.3 Å². The molecule has 1 atom stereocenters. The van der Waals surface area contributed by atoms with Gasteiger partial charge in [0.25, 0.3) is 5.91 Å². The third kappa shape index (κ3) is 3.41. The molecule has 19 heavy (non-hydrogen) atoms. The van der Waals surface area contributed by atoms with Crippen LogP contribution in [0.3, 0.4) is 0 Å². The van der Waals surface area contributed by atoms with Gasteiger partial charge in [-0.05, 0) is 25.1 Å². The van der Waals surface area contributed by atoms with E-state index >= 15 is 0 Å². The van der Waals surface area contributed by atoms with Crippen molar-refractivity contribution in [2.45, 2.75) is 13.0 Å². The fourth-order valence-electron chi connectivity index (χ4n) is 1.42. The Morgan fingerprint density at radius 3 is 2.63 bits per heavy atom. The van der Waals surface area contributed by atoms with Gasteiger partial charge >= 0.3 is 0 Å². The fraction of sp³-hybridized carbons (Fsp3) is 0.154. The number of aromatic nitrogens is 1. The minimum absolute atomic E-state index is 0.303. The Morgan fingerprint density at radius 1 is 1.26 bits per heavy atom. The van der Waals surface area contributed by atoms with Crippen LogP contribution in [0.1, 0.15) is 17.3 Å². The molecule has 6 heteroatoms. The number of hydrogen-bond donors (Lipinski definition) is 2. The number of rotatable bonds is 4. The number of nitrogens with one attached hydrogen (secondary N) is 2. The summed E-state index contributed by atoms with van der Waals surface area (Å²) in [5.74, 6) is -0.658. The predicted octanol–water partition coefficient (Wildman–Crippen LogP) is 1.43. The molecule has 2 N–H and O–H groups in total. The number of carbonyl (C=O) groups is 2. The normalized spacial score (nSPS) is 11.6. The molecule has 6 nitrogen and oxygen atoms in total. The molecular weight excluding hydrogens is 246 g/mol. The summed E-state index contributed by atoms with van der Waals surface area (Å²) >= 11 is 0. The first-order valence-electron chi connectivity index (χ1n) is 5.71. The van der Waals surface area contributed by atoms with Gasteiger partial charge < -0.3 is 15.1 Å². The predicted molar refractivity (Wildman–Crippen MR) is 68.5 cm³/mol. The largest absolute Gasteiger partial charge is 0.472 e. The van der Waals surface area contributed by atoms with Gasteiger partial charge in [0.2, 0.25) is 5.91 Å². The molecule has 0 spiro atoms. The van der Waals surface area contributed by atoms with Crippen LogP contribution in [0.4, 0.5) is 5.69 Å². The van der Waals surface area contributed by atoms with Gasteiger partial charge in [0.05, 0.1) is 11.8 Å². The van der Waals surface area contributed by atoms with E-state index in [2.05, 4.69) is 15.6 Å². The number of carbonyl (C=O) groups excluding carboxylic acids is 2. The molecule has 98 valence electrons. The number of amides is 2. The highest BCUT2D eigenvalue weighted by Gasteiger charge is 2.17. The van der Waals surface area contributed by atoms with Gasteiger partial charge in [-0.1, -0.05) is 0 Å². The summed E-state index contributed by atoms with van der Waals surface area (Å²) in [7, 11) is 0. The van der Waals surface area contributed by atoms with Gasteiger partial charge in [-0.2, -0.15) is 0 Å². The Hall–Kier alpha value is -2.63. The number of nitrogens with zero attached hydrogens (tertiary/aromatic N) is 1. The van der Waals surface area contributed by atoms with Crippen LogP contribution >= 0.6 is 0 Å². The van der Waals surface area contributed by atoms with Crippen molar-refractivity contribution < 1.29 is 14.0 Å². The quantitative estimate of drug-likeness (QED) is 0.870. The Kier molecular flexibility index (Phi) is 3.92. The molecule has 2 heterocycles. The van der Waals surface area contributed by atoms with Gasteiger partial charge in [0, 0.05) is 18.1 Å². The third-order valence-corrected chi connectivity index (χ3v) is 2.47. The van der Waals surface area contributed by atoms with E-state index in [-0.39, 0.29) is 11.8 Å². The molecule has 0 radical (unpaired) electrons. The van der Waals surface area contributed by atoms with Crippen molar-refractivity contribution in [3.05, 3.63) is 48.7 Å². The summed E-state index contributed by atoms with van der Waals surface area (Å²) in [4.78, 5) is 27.4. The molecule has 0 fully saturated rings. The molecule has 0 unspecified atom stereocenters. The highest BCUT2D eigenvalue weighted by Crippen LogP contribution is 2.05. The second-order valence-corrected chi connectivity index (χ2v) is 3.93. The molecule has 0 saturated carbocycles. The van der Waals surface area contributed by atoms with Gasteiger partial charge in [-0.3, -0.25) is 14.6 Å². The smallest absolute Gasteiger partial charge is 0.255 e. The minimum atomic E-state index is -0.657. The zero-order valence-corrected chi connectivity index (χ0v) is 10.3. The number of anilines is 1. The van der Waals surface area contributed by atoms with Gasteiger partial charge in [-0.25, -0.2) is 0 Å². The maximum atomic E-state index is 11.8. The molecule has 0 aliphatic rings. The second-order valence-electron chi connectivity index (χ2n) is 3.93. The van der Waals surface area contributed by atoms with Crippen molar-refractivity contribution in [1.29, 1.82) is 0 Å². The van der Waals surface area contributed by atoms with Crippen LogP contribution in [-0.4, -0.2) is 22.8 Å². The topological polar surface area (TPSA) is 84.2 Å². The Morgan fingerprint density at radius 2 is 2.00 bits per heavy atom. The van der Waals surface area contributed by atoms with Crippen molar-refractivity contribution in [2.75, 3.05) is 5.32 Å². The van der Waals surface area contributed by atoms with E-state index in [0.29, 0.717) is 11.3 Å². The highest BCUT2D eigenvalue weighted by atomic mass is 16.3. The molecular formula is C13H13N3O3. The third-order valence-electron chi connectivity index (χ3n) is 2.47. The van der Waals surface area contributed by atoms with Gasteiger partial charge in [0.15, 0.2) is 0 Å². The first-order valence-corrected chi connectivity index (χ1v) is 5.71. The number of pyridine rings is 1. The van der Waals surface area contributed by atoms with Crippen LogP contribution < -0.4 is 10.6 Å². The van der Waals surface area contributed by atoms with Crippen molar-refractivity contribution in [3.8, 4) is 0 Å². The van der Waals surface area contributed by atoms with Crippen LogP contribution in [0.5, 0.6) is 0 Å². The highest BCUT2D eigenvalue weighted by molar-refractivity contribution is 6.00. The van der Waals surface area contributed by atoms with Crippen LogP contribution in [0.25, 0.3) is 0 Å². The van der Waals surface area contributed by atoms with Crippen LogP contribution in [0.2, 0.25) is 0 Å². The van der Waals surface area contributed by atoms with E-state index in [1.165, 1.54) is 18.6 Å². The van der Waals surface area contributed by atoms with Crippen molar-refractivity contribution in [2.24, 2.45) is 0 Å². The molecule has 2 rings (SSSR count). The van der Waals surface area contributed by atoms with Gasteiger partial charge in [-0.15, -0.1) is 0 Å². The van der Waals surface area contributed by atoms with Crippen LogP contribution in [-0.2, 0) is 4.79 Å². The summed E-state index contributed by atoms with van der Waals surface area (Å²) < 4.78 is 4.81. The summed E-state index contributed by atoms with van der Waals surface area (Å²) in [6, 6.07) is 4.21. The van der Waals surface area contributed by atoms with Crippen LogP contribution in [0, 0.1) is 0 Å². The fourth-order valence-corrected chi connectivity index (χ4v) is 1.42. The summed E-state index contributed by atoms with van der Waals surface area (Å²) in [6.07, 6.45) is 5.87. The monoisotopic (exact) mass is 259 g/mol. The van der Waals surface area contributed by atoms with E-state index in [0.717, 1.165) is 0 Å². The second kappa shape index (κ2) is 5.81. The molecule has 2 aromatic rings. The van der Waals surface area contributed by atoms with E-state index in [9.17, 15) is 9.59 Å². The summed E-state index contributed by atoms with van der Waals surface area (Å²) in [5, 5.41) is 5.25. The maximum absolute atomic E-state index is 11.8. The van der Waals surface area contributed by atoms with E-state index in [4.69, 9.17) is 4.42 Å². The lowest BCUT2D eigenvalue weighted by molar-refractivity contribution is -0.117. The standard InChI is InChI=1S/C13H13N3O3/c1-9(15-13(18)10-4-7-19-8-10)12(17)16-11-2-5-14-6-3-11/h2-9H,1H3,(H,15,18)(H,14,16,17)/t9-/m1/s1. The lowest BCUT2D eigenvalue weighted by Gasteiger charge is -2.13.